The number of hydrogen-bond donors (Lipinski definition) is 1. The number of likely N-dealkylation sites (tertiary alicyclic amines) is 1. The van der Waals surface area contributed by atoms with Crippen LogP contribution in [0.5, 0.6) is 0 Å². The van der Waals surface area contributed by atoms with Gasteiger partial charge in [0.15, 0.2) is 0 Å². The van der Waals surface area contributed by atoms with Crippen molar-refractivity contribution in [3.8, 4) is 0 Å². The van der Waals surface area contributed by atoms with Crippen molar-refractivity contribution in [2.75, 3.05) is 26.2 Å². The van der Waals surface area contributed by atoms with Crippen molar-refractivity contribution < 1.29 is 19.1 Å². The molecule has 0 radical (unpaired) electrons. The molecule has 2 heterocycles. The minimum atomic E-state index is -1.22. The Morgan fingerprint density at radius 3 is 2.54 bits per heavy atom. The first-order valence-corrected chi connectivity index (χ1v) is 10.1. The zero-order chi connectivity index (χ0) is 19.1. The molecule has 0 aromatic heterocycles. The number of amides is 2. The summed E-state index contributed by atoms with van der Waals surface area (Å²) >= 11 is 7.55. The van der Waals surface area contributed by atoms with E-state index in [1.54, 1.807) is 23.9 Å². The van der Waals surface area contributed by atoms with Crippen LogP contribution in [-0.4, -0.2) is 54.4 Å². The Balaban J connectivity index is 2.11. The lowest BCUT2D eigenvalue weighted by Gasteiger charge is -2.32. The van der Waals surface area contributed by atoms with Crippen LogP contribution in [0.2, 0.25) is 5.02 Å². The van der Waals surface area contributed by atoms with Crippen LogP contribution in [0.3, 0.4) is 0 Å². The van der Waals surface area contributed by atoms with Crippen molar-refractivity contribution in [3.63, 3.8) is 0 Å². The van der Waals surface area contributed by atoms with Gasteiger partial charge in [-0.25, -0.2) is 0 Å². The number of methoxy groups -OCH3 is 1. The Morgan fingerprint density at radius 2 is 1.96 bits per heavy atom. The van der Waals surface area contributed by atoms with Gasteiger partial charge in [-0.05, 0) is 36.1 Å². The summed E-state index contributed by atoms with van der Waals surface area (Å²) < 4.78 is 5.05. The van der Waals surface area contributed by atoms with Gasteiger partial charge in [0.1, 0.15) is 5.54 Å². The third-order valence-electron chi connectivity index (χ3n) is 5.35. The zero-order valence-electron chi connectivity index (χ0n) is 14.8. The molecule has 0 unspecified atom stereocenters. The number of benzene rings is 1. The summed E-state index contributed by atoms with van der Waals surface area (Å²) in [5, 5.41) is 3.89. The van der Waals surface area contributed by atoms with Crippen LogP contribution in [0, 0.1) is 11.8 Å². The third-order valence-corrected chi connectivity index (χ3v) is 6.22. The highest BCUT2D eigenvalue weighted by molar-refractivity contribution is 7.98. The van der Waals surface area contributed by atoms with E-state index in [-0.39, 0.29) is 11.8 Å². The monoisotopic (exact) mass is 396 g/mol. The molecule has 8 heteroatoms. The van der Waals surface area contributed by atoms with Crippen molar-refractivity contribution in [2.45, 2.75) is 18.0 Å². The minimum absolute atomic E-state index is 0.276. The smallest absolute Gasteiger partial charge is 0.326 e. The fraction of sp³-hybridized carbons (Fsp3) is 0.500. The molecule has 4 atom stereocenters. The number of thioether (sulfide) groups is 1. The van der Waals surface area contributed by atoms with Gasteiger partial charge in [-0.1, -0.05) is 23.7 Å². The summed E-state index contributed by atoms with van der Waals surface area (Å²) in [5.41, 5.74) is -0.402. The fourth-order valence-corrected chi connectivity index (χ4v) is 4.72. The lowest BCUT2D eigenvalue weighted by Crippen LogP contribution is -2.56. The molecule has 2 saturated heterocycles. The summed E-state index contributed by atoms with van der Waals surface area (Å²) in [4.78, 5) is 39.6. The number of carbonyl (C=O) groups is 3. The largest absolute Gasteiger partial charge is 0.468 e. The summed E-state index contributed by atoms with van der Waals surface area (Å²) in [5.74, 6) is -1.88. The zero-order valence-corrected chi connectivity index (χ0v) is 16.4. The SMILES string of the molecule is COC(=O)[C@]1(CCSC)N[C@H](c2ccc(Cl)cc2)[C@H]2C(=O)N(C)C(=O)[C@@H]21. The number of imide groups is 1. The maximum Gasteiger partial charge on any atom is 0.326 e. The summed E-state index contributed by atoms with van der Waals surface area (Å²) in [6.45, 7) is 0. The molecular formula is C18H21ClN2O4S. The van der Waals surface area contributed by atoms with Crippen LogP contribution in [0.25, 0.3) is 0 Å². The van der Waals surface area contributed by atoms with E-state index >= 15 is 0 Å². The van der Waals surface area contributed by atoms with Crippen LogP contribution >= 0.6 is 23.4 Å². The highest BCUT2D eigenvalue weighted by Gasteiger charge is 2.67. The van der Waals surface area contributed by atoms with E-state index in [0.717, 1.165) is 10.5 Å². The van der Waals surface area contributed by atoms with E-state index < -0.39 is 29.4 Å². The number of nitrogens with zero attached hydrogens (tertiary/aromatic N) is 1. The van der Waals surface area contributed by atoms with Crippen LogP contribution < -0.4 is 5.32 Å². The minimum Gasteiger partial charge on any atom is -0.468 e. The molecule has 2 fully saturated rings. The summed E-state index contributed by atoms with van der Waals surface area (Å²) in [6.07, 6.45) is 2.33. The second-order valence-electron chi connectivity index (χ2n) is 6.62. The normalized spacial score (nSPS) is 30.6. The molecular weight excluding hydrogens is 376 g/mol. The third kappa shape index (κ3) is 2.82. The number of rotatable bonds is 5. The van der Waals surface area contributed by atoms with E-state index in [2.05, 4.69) is 5.32 Å². The van der Waals surface area contributed by atoms with Crippen molar-refractivity contribution in [1.82, 2.24) is 10.2 Å². The lowest BCUT2D eigenvalue weighted by molar-refractivity contribution is -0.154. The molecule has 1 aromatic carbocycles. The molecule has 26 heavy (non-hydrogen) atoms. The average Bonchev–Trinajstić information content (AvgIpc) is 3.10. The molecule has 0 bridgehead atoms. The maximum atomic E-state index is 12.9. The number of halogens is 1. The summed E-state index contributed by atoms with van der Waals surface area (Å²) in [7, 11) is 2.78. The molecule has 2 amide bonds. The molecule has 0 saturated carbocycles. The highest BCUT2D eigenvalue weighted by Crippen LogP contribution is 2.50. The number of ether oxygens (including phenoxy) is 1. The second kappa shape index (κ2) is 7.21. The molecule has 3 rings (SSSR count). The van der Waals surface area contributed by atoms with Crippen molar-refractivity contribution in [3.05, 3.63) is 34.9 Å². The van der Waals surface area contributed by atoms with Gasteiger partial charge in [0.25, 0.3) is 0 Å². The average molecular weight is 397 g/mol. The lowest BCUT2D eigenvalue weighted by atomic mass is 9.78. The topological polar surface area (TPSA) is 75.7 Å². The van der Waals surface area contributed by atoms with Gasteiger partial charge in [-0.3, -0.25) is 24.6 Å². The predicted octanol–water partition coefficient (Wildman–Crippen LogP) is 1.88. The molecule has 140 valence electrons. The van der Waals surface area contributed by atoms with Gasteiger partial charge in [0, 0.05) is 18.1 Å². The molecule has 0 spiro atoms. The van der Waals surface area contributed by atoms with E-state index in [1.165, 1.54) is 14.2 Å². The van der Waals surface area contributed by atoms with Gasteiger partial charge < -0.3 is 4.74 Å². The fourth-order valence-electron chi connectivity index (χ4n) is 4.07. The summed E-state index contributed by atoms with van der Waals surface area (Å²) in [6, 6.07) is 6.64. The number of nitrogens with one attached hydrogen (secondary N) is 1. The van der Waals surface area contributed by atoms with Crippen molar-refractivity contribution in [2.24, 2.45) is 11.8 Å². The molecule has 2 aliphatic heterocycles. The van der Waals surface area contributed by atoms with E-state index in [9.17, 15) is 14.4 Å². The van der Waals surface area contributed by atoms with Crippen LogP contribution in [0.1, 0.15) is 18.0 Å². The molecule has 0 aliphatic carbocycles. The highest BCUT2D eigenvalue weighted by atomic mass is 35.5. The molecule has 2 aliphatic rings. The second-order valence-corrected chi connectivity index (χ2v) is 8.04. The Bertz CT molecular complexity index is 741. The van der Waals surface area contributed by atoms with Crippen LogP contribution in [0.4, 0.5) is 0 Å². The maximum absolute atomic E-state index is 12.9. The molecule has 1 aromatic rings. The predicted molar refractivity (Wildman–Crippen MR) is 99.8 cm³/mol. The first kappa shape index (κ1) is 19.2. The molecule has 1 N–H and O–H groups in total. The van der Waals surface area contributed by atoms with Gasteiger partial charge >= 0.3 is 5.97 Å². The van der Waals surface area contributed by atoms with E-state index in [1.807, 2.05) is 18.4 Å². The van der Waals surface area contributed by atoms with E-state index in [0.29, 0.717) is 17.2 Å². The number of hydrogen-bond acceptors (Lipinski definition) is 6. The Kier molecular flexibility index (Phi) is 5.33. The van der Waals surface area contributed by atoms with Crippen molar-refractivity contribution >= 4 is 41.1 Å². The van der Waals surface area contributed by atoms with Crippen LogP contribution in [-0.2, 0) is 19.1 Å². The van der Waals surface area contributed by atoms with Gasteiger partial charge in [0.05, 0.1) is 18.9 Å². The standard InChI is InChI=1S/C18H21ClN2O4S/c1-21-15(22)12-13(16(21)23)18(8-9-26-3,17(24)25-2)20-14(12)10-4-6-11(19)7-5-10/h4-7,12-14,20H,8-9H2,1-3H3/t12-,13+,14+,18+/m0/s1. The first-order valence-electron chi connectivity index (χ1n) is 8.29. The first-order chi connectivity index (χ1) is 12.4. The Labute approximate surface area is 161 Å². The van der Waals surface area contributed by atoms with Gasteiger partial charge in [-0.2, -0.15) is 11.8 Å². The number of fused-ring (bicyclic) bond motifs is 1. The van der Waals surface area contributed by atoms with Crippen molar-refractivity contribution in [1.29, 1.82) is 0 Å². The van der Waals surface area contributed by atoms with E-state index in [4.69, 9.17) is 16.3 Å². The van der Waals surface area contributed by atoms with Crippen LogP contribution in [0.15, 0.2) is 24.3 Å². The molecule has 6 nitrogen and oxygen atoms in total. The Morgan fingerprint density at radius 1 is 1.31 bits per heavy atom. The Hall–Kier alpha value is -1.57. The van der Waals surface area contributed by atoms with Gasteiger partial charge in [-0.15, -0.1) is 0 Å². The van der Waals surface area contributed by atoms with Gasteiger partial charge in [0.2, 0.25) is 11.8 Å². The number of esters is 1. The quantitative estimate of drug-likeness (QED) is 0.605. The number of carbonyl (C=O) groups excluding carboxylic acids is 3.